The van der Waals surface area contributed by atoms with E-state index in [2.05, 4.69) is 0 Å². The predicted octanol–water partition coefficient (Wildman–Crippen LogP) is 5.26. The molecule has 1 aromatic heterocycles. The van der Waals surface area contributed by atoms with Crippen LogP contribution < -0.4 is 19.8 Å². The second-order valence-electron chi connectivity index (χ2n) is 8.03. The Kier molecular flexibility index (Phi) is 5.32. The predicted molar refractivity (Wildman–Crippen MR) is 126 cm³/mol. The number of aryl methyl sites for hydroxylation is 1. The van der Waals surface area contributed by atoms with Gasteiger partial charge in [0.25, 0.3) is 5.91 Å². The fourth-order valence-corrected chi connectivity index (χ4v) is 4.44. The Hall–Kier alpha value is -4.13. The van der Waals surface area contributed by atoms with E-state index >= 15 is 0 Å². The Labute approximate surface area is 195 Å². The van der Waals surface area contributed by atoms with Gasteiger partial charge in [-0.2, -0.15) is 0 Å². The highest BCUT2D eigenvalue weighted by Crippen LogP contribution is 2.43. The number of fused-ring (bicyclic) bond motifs is 2. The maximum atomic E-state index is 14.0. The van der Waals surface area contributed by atoms with E-state index in [0.717, 1.165) is 18.1 Å². The highest BCUT2D eigenvalue weighted by Gasteiger charge is 2.44. The lowest BCUT2D eigenvalue weighted by molar-refractivity contribution is 0.0971. The maximum absolute atomic E-state index is 14.0. The SMILES string of the molecule is CCc1ccc(N2C(=O)c3oc4ccc(F)cc4c(=O)c3C2c2ccc(OC)c(OC)c2)cc1. The number of ether oxygens (including phenoxy) is 2. The molecule has 1 aliphatic rings. The molecule has 5 rings (SSSR count). The maximum Gasteiger partial charge on any atom is 0.295 e. The smallest absolute Gasteiger partial charge is 0.295 e. The number of hydrogen-bond acceptors (Lipinski definition) is 5. The van der Waals surface area contributed by atoms with Crippen molar-refractivity contribution in [1.29, 1.82) is 0 Å². The van der Waals surface area contributed by atoms with E-state index in [9.17, 15) is 14.0 Å². The molecule has 6 nitrogen and oxygen atoms in total. The van der Waals surface area contributed by atoms with Gasteiger partial charge >= 0.3 is 0 Å². The molecule has 1 atom stereocenters. The lowest BCUT2D eigenvalue weighted by Crippen LogP contribution is -2.29. The number of carbonyl (C=O) groups excluding carboxylic acids is 1. The summed E-state index contributed by atoms with van der Waals surface area (Å²) < 4.78 is 30.7. The molecule has 0 spiro atoms. The van der Waals surface area contributed by atoms with Crippen LogP contribution in [0.5, 0.6) is 11.5 Å². The van der Waals surface area contributed by atoms with E-state index in [1.165, 1.54) is 31.3 Å². The van der Waals surface area contributed by atoms with Crippen LogP contribution in [0.25, 0.3) is 11.0 Å². The Morgan fingerprint density at radius 1 is 0.941 bits per heavy atom. The Morgan fingerprint density at radius 3 is 2.35 bits per heavy atom. The third kappa shape index (κ3) is 3.32. The fourth-order valence-electron chi connectivity index (χ4n) is 4.44. The number of methoxy groups -OCH3 is 2. The summed E-state index contributed by atoms with van der Waals surface area (Å²) in [4.78, 5) is 28.8. The van der Waals surface area contributed by atoms with Crippen molar-refractivity contribution in [3.05, 3.63) is 99.2 Å². The third-order valence-corrected chi connectivity index (χ3v) is 6.18. The standard InChI is InChI=1S/C27H22FNO5/c1-4-15-5-9-18(10-6-15)29-24(16-7-11-21(32-2)22(13-16)33-3)23-25(30)19-14-17(28)8-12-20(19)34-26(23)27(29)31/h5-14,24H,4H2,1-3H3. The van der Waals surface area contributed by atoms with Crippen molar-refractivity contribution < 1.29 is 23.1 Å². The minimum atomic E-state index is -0.793. The monoisotopic (exact) mass is 459 g/mol. The molecule has 0 saturated heterocycles. The van der Waals surface area contributed by atoms with Crippen LogP contribution in [0.4, 0.5) is 10.1 Å². The van der Waals surface area contributed by atoms with Crippen LogP contribution in [0.2, 0.25) is 0 Å². The van der Waals surface area contributed by atoms with Gasteiger partial charge in [0.2, 0.25) is 5.76 Å². The largest absolute Gasteiger partial charge is 0.493 e. The summed E-state index contributed by atoms with van der Waals surface area (Å²) in [6.45, 7) is 2.05. The average Bonchev–Trinajstić information content (AvgIpc) is 3.16. The van der Waals surface area contributed by atoms with Crippen molar-refractivity contribution in [3.63, 3.8) is 0 Å². The summed E-state index contributed by atoms with van der Waals surface area (Å²) in [7, 11) is 3.05. The summed E-state index contributed by atoms with van der Waals surface area (Å²) in [5, 5.41) is 0.0835. The van der Waals surface area contributed by atoms with Gasteiger partial charge in [-0.1, -0.05) is 25.1 Å². The topological polar surface area (TPSA) is 69.0 Å². The summed E-state index contributed by atoms with van der Waals surface area (Å²) >= 11 is 0. The highest BCUT2D eigenvalue weighted by molar-refractivity contribution is 6.10. The van der Waals surface area contributed by atoms with E-state index in [4.69, 9.17) is 13.9 Å². The number of halogens is 1. The third-order valence-electron chi connectivity index (χ3n) is 6.18. The molecule has 2 heterocycles. The number of amides is 1. The second kappa shape index (κ2) is 8.33. The number of carbonyl (C=O) groups is 1. The Bertz CT molecular complexity index is 1480. The van der Waals surface area contributed by atoms with Gasteiger partial charge in [0, 0.05) is 5.69 Å². The average molecular weight is 459 g/mol. The van der Waals surface area contributed by atoms with Crippen molar-refractivity contribution in [3.8, 4) is 11.5 Å². The summed E-state index contributed by atoms with van der Waals surface area (Å²) in [5.74, 6) is -0.0785. The van der Waals surface area contributed by atoms with Crippen LogP contribution in [0, 0.1) is 5.82 Å². The molecule has 34 heavy (non-hydrogen) atoms. The van der Waals surface area contributed by atoms with Gasteiger partial charge in [0.1, 0.15) is 11.4 Å². The van der Waals surface area contributed by atoms with Crippen molar-refractivity contribution in [2.24, 2.45) is 0 Å². The van der Waals surface area contributed by atoms with Crippen LogP contribution in [0.1, 0.15) is 40.2 Å². The zero-order valence-electron chi connectivity index (χ0n) is 18.9. The first-order chi connectivity index (χ1) is 16.5. The van der Waals surface area contributed by atoms with Gasteiger partial charge in [0.15, 0.2) is 16.9 Å². The number of rotatable bonds is 5. The van der Waals surface area contributed by atoms with Crippen molar-refractivity contribution >= 4 is 22.6 Å². The van der Waals surface area contributed by atoms with E-state index in [1.807, 2.05) is 31.2 Å². The Morgan fingerprint density at radius 2 is 1.68 bits per heavy atom. The molecule has 3 aromatic carbocycles. The molecule has 0 saturated carbocycles. The molecule has 0 radical (unpaired) electrons. The van der Waals surface area contributed by atoms with E-state index in [1.54, 1.807) is 18.2 Å². The molecule has 4 aromatic rings. The molecule has 0 bridgehead atoms. The van der Waals surface area contributed by atoms with Crippen LogP contribution in [0.3, 0.4) is 0 Å². The van der Waals surface area contributed by atoms with Crippen LogP contribution in [-0.4, -0.2) is 20.1 Å². The van der Waals surface area contributed by atoms with Gasteiger partial charge in [-0.05, 0) is 60.0 Å². The quantitative estimate of drug-likeness (QED) is 0.407. The van der Waals surface area contributed by atoms with E-state index < -0.39 is 23.2 Å². The molecule has 172 valence electrons. The highest BCUT2D eigenvalue weighted by atomic mass is 19.1. The second-order valence-corrected chi connectivity index (χ2v) is 8.03. The van der Waals surface area contributed by atoms with Crippen LogP contribution in [-0.2, 0) is 6.42 Å². The van der Waals surface area contributed by atoms with Crippen LogP contribution in [0.15, 0.2) is 69.9 Å². The zero-order valence-corrected chi connectivity index (χ0v) is 18.9. The van der Waals surface area contributed by atoms with E-state index in [-0.39, 0.29) is 22.3 Å². The number of benzene rings is 3. The fraction of sp³-hybridized carbons (Fsp3) is 0.185. The van der Waals surface area contributed by atoms with Crippen LogP contribution >= 0.6 is 0 Å². The minimum absolute atomic E-state index is 0.0524. The molecular weight excluding hydrogens is 437 g/mol. The molecule has 0 aliphatic carbocycles. The van der Waals surface area contributed by atoms with E-state index in [0.29, 0.717) is 22.7 Å². The summed E-state index contributed by atoms with van der Waals surface area (Å²) in [6, 6.07) is 15.7. The Balaban J connectivity index is 1.79. The molecule has 0 fully saturated rings. The normalized spacial score (nSPS) is 15.0. The van der Waals surface area contributed by atoms with Crippen molar-refractivity contribution in [2.75, 3.05) is 19.1 Å². The number of nitrogens with zero attached hydrogens (tertiary/aromatic N) is 1. The number of anilines is 1. The molecule has 7 heteroatoms. The first-order valence-corrected chi connectivity index (χ1v) is 10.9. The molecule has 1 amide bonds. The van der Waals surface area contributed by atoms with Gasteiger partial charge < -0.3 is 13.9 Å². The van der Waals surface area contributed by atoms with Gasteiger partial charge in [-0.25, -0.2) is 4.39 Å². The summed E-state index contributed by atoms with van der Waals surface area (Å²) in [6.07, 6.45) is 0.852. The number of hydrogen-bond donors (Lipinski definition) is 0. The van der Waals surface area contributed by atoms with Gasteiger partial charge in [-0.15, -0.1) is 0 Å². The van der Waals surface area contributed by atoms with Gasteiger partial charge in [-0.3, -0.25) is 14.5 Å². The first kappa shape index (κ1) is 21.7. The molecular formula is C27H22FNO5. The summed E-state index contributed by atoms with van der Waals surface area (Å²) in [5.41, 5.74) is 2.24. The molecule has 1 aliphatic heterocycles. The molecule has 1 unspecified atom stereocenters. The van der Waals surface area contributed by atoms with Crippen molar-refractivity contribution in [2.45, 2.75) is 19.4 Å². The zero-order chi connectivity index (χ0) is 24.0. The molecule has 0 N–H and O–H groups in total. The first-order valence-electron chi connectivity index (χ1n) is 10.9. The van der Waals surface area contributed by atoms with Crippen molar-refractivity contribution in [1.82, 2.24) is 0 Å². The lowest BCUT2D eigenvalue weighted by atomic mass is 9.97. The van der Waals surface area contributed by atoms with Gasteiger partial charge in [0.05, 0.1) is 31.2 Å². The minimum Gasteiger partial charge on any atom is -0.493 e. The lowest BCUT2D eigenvalue weighted by Gasteiger charge is -2.26.